The lowest BCUT2D eigenvalue weighted by Gasteiger charge is -2.04. The van der Waals surface area contributed by atoms with Crippen molar-refractivity contribution in [2.75, 3.05) is 7.05 Å². The Labute approximate surface area is 56.4 Å². The number of hydrogen-bond acceptors (Lipinski definition) is 2. The maximum Gasteiger partial charge on any atom is 0.0688 e. The predicted octanol–water partition coefficient (Wildman–Crippen LogP) is 0.828. The zero-order valence-corrected chi connectivity index (χ0v) is 6.52. The average molecular weight is 126 g/mol. The summed E-state index contributed by atoms with van der Waals surface area (Å²) in [5.74, 6) is 0. The molecule has 1 aliphatic rings. The van der Waals surface area contributed by atoms with Crippen molar-refractivity contribution in [3.63, 3.8) is 0 Å². The van der Waals surface area contributed by atoms with Crippen LogP contribution >= 0.6 is 0 Å². The number of rotatable bonds is 1. The third kappa shape index (κ3) is 0.874. The van der Waals surface area contributed by atoms with E-state index in [-0.39, 0.29) is 5.54 Å². The molecule has 1 N–H and O–H groups in total. The minimum atomic E-state index is 0.217. The van der Waals surface area contributed by atoms with Gasteiger partial charge in [-0.15, -0.1) is 0 Å². The van der Waals surface area contributed by atoms with Gasteiger partial charge in [0.2, 0.25) is 0 Å². The van der Waals surface area contributed by atoms with Crippen LogP contribution in [0.4, 0.5) is 0 Å². The summed E-state index contributed by atoms with van der Waals surface area (Å²) in [4.78, 5) is 4.13. The van der Waals surface area contributed by atoms with Crippen molar-refractivity contribution in [3.8, 4) is 0 Å². The van der Waals surface area contributed by atoms with Gasteiger partial charge < -0.3 is 5.32 Å². The van der Waals surface area contributed by atoms with Gasteiger partial charge in [-0.05, 0) is 20.8 Å². The normalized spacial score (nSPS) is 43.1. The van der Waals surface area contributed by atoms with E-state index in [2.05, 4.69) is 31.1 Å². The molecule has 0 aromatic carbocycles. The Kier molecular flexibility index (Phi) is 1.35. The number of nitrogens with zero attached hydrogens (tertiary/aromatic N) is 1. The first kappa shape index (κ1) is 6.75. The molecule has 0 radical (unpaired) electrons. The second kappa shape index (κ2) is 1.81. The van der Waals surface area contributed by atoms with Gasteiger partial charge >= 0.3 is 0 Å². The fourth-order valence-corrected chi connectivity index (χ4v) is 1.06. The summed E-state index contributed by atoms with van der Waals surface area (Å²) >= 11 is 0. The van der Waals surface area contributed by atoms with E-state index in [1.165, 1.54) is 5.71 Å². The van der Waals surface area contributed by atoms with Gasteiger partial charge in [0, 0.05) is 18.8 Å². The van der Waals surface area contributed by atoms with Crippen molar-refractivity contribution in [2.45, 2.75) is 32.4 Å². The van der Waals surface area contributed by atoms with E-state index in [1.807, 2.05) is 7.05 Å². The van der Waals surface area contributed by atoms with E-state index in [4.69, 9.17) is 0 Å². The van der Waals surface area contributed by atoms with Gasteiger partial charge in [-0.1, -0.05) is 0 Å². The maximum absolute atomic E-state index is 4.13. The fourth-order valence-electron chi connectivity index (χ4n) is 1.06. The Hall–Kier alpha value is -0.370. The standard InChI is InChI=1S/C7H14N2/c1-5(8-4)7(3)6(2)9-7/h6,9H,1-4H3/t6-,7-/m1/s1. The highest BCUT2D eigenvalue weighted by molar-refractivity contribution is 5.94. The van der Waals surface area contributed by atoms with Gasteiger partial charge in [-0.25, -0.2) is 0 Å². The van der Waals surface area contributed by atoms with Crippen LogP contribution in [0.15, 0.2) is 4.99 Å². The van der Waals surface area contributed by atoms with Crippen LogP contribution in [0, 0.1) is 0 Å². The molecule has 0 aromatic rings. The lowest BCUT2D eigenvalue weighted by Crippen LogP contribution is -2.21. The Bertz CT molecular complexity index is 151. The molecule has 0 aliphatic carbocycles. The first-order chi connectivity index (χ1) is 4.11. The van der Waals surface area contributed by atoms with Gasteiger partial charge in [-0.2, -0.15) is 0 Å². The Balaban J connectivity index is 2.64. The van der Waals surface area contributed by atoms with Gasteiger partial charge in [-0.3, -0.25) is 4.99 Å². The third-order valence-electron chi connectivity index (χ3n) is 2.39. The Morgan fingerprint density at radius 2 is 2.11 bits per heavy atom. The largest absolute Gasteiger partial charge is 0.301 e. The summed E-state index contributed by atoms with van der Waals surface area (Å²) in [5, 5.41) is 3.33. The van der Waals surface area contributed by atoms with Gasteiger partial charge in [0.25, 0.3) is 0 Å². The minimum Gasteiger partial charge on any atom is -0.301 e. The molecule has 1 aliphatic heterocycles. The van der Waals surface area contributed by atoms with E-state index < -0.39 is 0 Å². The fraction of sp³-hybridized carbons (Fsp3) is 0.857. The summed E-state index contributed by atoms with van der Waals surface area (Å²) in [6, 6.07) is 0.612. The zero-order valence-electron chi connectivity index (χ0n) is 6.52. The second-order valence-electron chi connectivity index (χ2n) is 2.88. The van der Waals surface area contributed by atoms with Crippen LogP contribution in [0.2, 0.25) is 0 Å². The van der Waals surface area contributed by atoms with E-state index >= 15 is 0 Å². The molecule has 2 heteroatoms. The molecule has 2 atom stereocenters. The minimum absolute atomic E-state index is 0.217. The smallest absolute Gasteiger partial charge is 0.0688 e. The molecular formula is C7H14N2. The summed E-state index contributed by atoms with van der Waals surface area (Å²) in [6.07, 6.45) is 0. The van der Waals surface area contributed by atoms with Crippen LogP contribution in [0.5, 0.6) is 0 Å². The van der Waals surface area contributed by atoms with E-state index in [0.717, 1.165) is 0 Å². The highest BCUT2D eigenvalue weighted by atomic mass is 15.2. The van der Waals surface area contributed by atoms with E-state index in [0.29, 0.717) is 6.04 Å². The zero-order chi connectivity index (χ0) is 7.07. The van der Waals surface area contributed by atoms with Crippen molar-refractivity contribution in [1.29, 1.82) is 0 Å². The number of nitrogens with one attached hydrogen (secondary N) is 1. The van der Waals surface area contributed by atoms with Crippen LogP contribution in [-0.2, 0) is 0 Å². The summed E-state index contributed by atoms with van der Waals surface area (Å²) in [7, 11) is 1.84. The molecule has 9 heavy (non-hydrogen) atoms. The first-order valence-electron chi connectivity index (χ1n) is 3.33. The van der Waals surface area contributed by atoms with Crippen molar-refractivity contribution in [3.05, 3.63) is 0 Å². The molecule has 1 saturated heterocycles. The predicted molar refractivity (Wildman–Crippen MR) is 40.0 cm³/mol. The number of hydrogen-bond donors (Lipinski definition) is 1. The summed E-state index contributed by atoms with van der Waals surface area (Å²) in [5.41, 5.74) is 1.42. The molecule has 0 spiro atoms. The van der Waals surface area contributed by atoms with Crippen molar-refractivity contribution < 1.29 is 0 Å². The second-order valence-corrected chi connectivity index (χ2v) is 2.88. The molecule has 1 rings (SSSR count). The maximum atomic E-state index is 4.13. The lowest BCUT2D eigenvalue weighted by atomic mass is 10.0. The van der Waals surface area contributed by atoms with Gasteiger partial charge in [0.1, 0.15) is 0 Å². The van der Waals surface area contributed by atoms with Crippen LogP contribution in [0.1, 0.15) is 20.8 Å². The summed E-state index contributed by atoms with van der Waals surface area (Å²) in [6.45, 7) is 6.42. The molecule has 0 amide bonds. The molecule has 52 valence electrons. The highest BCUT2D eigenvalue weighted by Crippen LogP contribution is 2.26. The molecular weight excluding hydrogens is 112 g/mol. The van der Waals surface area contributed by atoms with Crippen LogP contribution in [-0.4, -0.2) is 24.3 Å². The van der Waals surface area contributed by atoms with Crippen LogP contribution < -0.4 is 5.32 Å². The van der Waals surface area contributed by atoms with Gasteiger partial charge in [0.15, 0.2) is 0 Å². The van der Waals surface area contributed by atoms with E-state index in [9.17, 15) is 0 Å². The lowest BCUT2D eigenvalue weighted by molar-refractivity contribution is 0.890. The molecule has 0 saturated carbocycles. The Morgan fingerprint density at radius 3 is 2.22 bits per heavy atom. The highest BCUT2D eigenvalue weighted by Gasteiger charge is 2.47. The quantitative estimate of drug-likeness (QED) is 0.410. The molecule has 0 aromatic heterocycles. The van der Waals surface area contributed by atoms with Crippen molar-refractivity contribution in [1.82, 2.24) is 5.32 Å². The topological polar surface area (TPSA) is 34.3 Å². The molecule has 1 heterocycles. The molecule has 2 nitrogen and oxygen atoms in total. The number of aliphatic imine (C=N–C) groups is 1. The third-order valence-corrected chi connectivity index (χ3v) is 2.39. The average Bonchev–Trinajstić information content (AvgIpc) is 2.41. The first-order valence-corrected chi connectivity index (χ1v) is 3.33. The Morgan fingerprint density at radius 1 is 1.67 bits per heavy atom. The molecule has 0 unspecified atom stereocenters. The summed E-state index contributed by atoms with van der Waals surface area (Å²) < 4.78 is 0. The van der Waals surface area contributed by atoms with E-state index in [1.54, 1.807) is 0 Å². The van der Waals surface area contributed by atoms with Crippen molar-refractivity contribution in [2.24, 2.45) is 4.99 Å². The monoisotopic (exact) mass is 126 g/mol. The van der Waals surface area contributed by atoms with Crippen LogP contribution in [0.3, 0.4) is 0 Å². The van der Waals surface area contributed by atoms with Crippen molar-refractivity contribution >= 4 is 5.71 Å². The SMILES string of the molecule is CN=C(C)[C@@]1(C)N[C@@H]1C. The van der Waals surface area contributed by atoms with Gasteiger partial charge in [0.05, 0.1) is 5.54 Å². The van der Waals surface area contributed by atoms with Crippen LogP contribution in [0.25, 0.3) is 0 Å². The molecule has 0 bridgehead atoms. The molecule has 1 fully saturated rings.